The van der Waals surface area contributed by atoms with Gasteiger partial charge in [0.15, 0.2) is 0 Å². The molecule has 23 heavy (non-hydrogen) atoms. The predicted molar refractivity (Wildman–Crippen MR) is 89.6 cm³/mol. The number of carbonyl (C=O) groups excluding carboxylic acids is 2. The van der Waals surface area contributed by atoms with Crippen LogP contribution in [0.3, 0.4) is 0 Å². The Kier molecular flexibility index (Phi) is 6.83. The number of hydrogen-bond donors (Lipinski definition) is 2. The molecule has 0 atom stereocenters. The molecule has 1 fully saturated rings. The van der Waals surface area contributed by atoms with Crippen molar-refractivity contribution in [3.8, 4) is 0 Å². The summed E-state index contributed by atoms with van der Waals surface area (Å²) in [6.45, 7) is 2.29. The Balaban J connectivity index is 1.61. The molecule has 1 aromatic carbocycles. The van der Waals surface area contributed by atoms with E-state index in [2.05, 4.69) is 26.6 Å². The molecule has 1 heterocycles. The van der Waals surface area contributed by atoms with Crippen molar-refractivity contribution in [3.63, 3.8) is 0 Å². The molecule has 0 aliphatic carbocycles. The van der Waals surface area contributed by atoms with E-state index in [9.17, 15) is 14.0 Å². The predicted octanol–water partition coefficient (Wildman–Crippen LogP) is 2.44. The number of urea groups is 1. The zero-order chi connectivity index (χ0) is 16.7. The first kappa shape index (κ1) is 17.7. The second-order valence-corrected chi connectivity index (χ2v) is 6.42. The molecule has 1 aliphatic heterocycles. The van der Waals surface area contributed by atoms with E-state index in [0.29, 0.717) is 31.5 Å². The lowest BCUT2D eigenvalue weighted by Gasteiger charge is -2.15. The van der Waals surface area contributed by atoms with Crippen LogP contribution in [0.1, 0.15) is 24.8 Å². The molecule has 2 rings (SSSR count). The van der Waals surface area contributed by atoms with E-state index in [0.717, 1.165) is 30.4 Å². The zero-order valence-corrected chi connectivity index (χ0v) is 14.5. The summed E-state index contributed by atoms with van der Waals surface area (Å²) in [7, 11) is 0. The van der Waals surface area contributed by atoms with Crippen LogP contribution in [0.2, 0.25) is 0 Å². The lowest BCUT2D eigenvalue weighted by Crippen LogP contribution is -2.39. The van der Waals surface area contributed by atoms with Crippen molar-refractivity contribution >= 4 is 27.9 Å². The standard InChI is InChI=1S/C16H21BrFN3O2/c17-13-3-4-14(18)12(11-13)5-7-19-16(23)20-8-6-15(22)21-9-1-2-10-21/h3-4,11H,1-2,5-10H2,(H2,19,20,23). The Labute approximate surface area is 143 Å². The number of likely N-dealkylation sites (tertiary alicyclic amines) is 1. The fourth-order valence-corrected chi connectivity index (χ4v) is 2.92. The van der Waals surface area contributed by atoms with Crippen molar-refractivity contribution in [1.29, 1.82) is 0 Å². The number of halogens is 2. The van der Waals surface area contributed by atoms with Gasteiger partial charge in [-0.2, -0.15) is 0 Å². The van der Waals surface area contributed by atoms with Gasteiger partial charge in [-0.05, 0) is 43.0 Å². The van der Waals surface area contributed by atoms with Crippen molar-refractivity contribution in [2.75, 3.05) is 26.2 Å². The molecule has 0 spiro atoms. The highest BCUT2D eigenvalue weighted by molar-refractivity contribution is 9.10. The molecule has 2 N–H and O–H groups in total. The molecule has 7 heteroatoms. The highest BCUT2D eigenvalue weighted by Gasteiger charge is 2.17. The van der Waals surface area contributed by atoms with Crippen LogP contribution < -0.4 is 10.6 Å². The summed E-state index contributed by atoms with van der Waals surface area (Å²) in [4.78, 5) is 25.3. The van der Waals surface area contributed by atoms with Gasteiger partial charge in [-0.3, -0.25) is 4.79 Å². The Morgan fingerprint density at radius 2 is 1.87 bits per heavy atom. The summed E-state index contributed by atoms with van der Waals surface area (Å²) in [6.07, 6.45) is 2.84. The van der Waals surface area contributed by atoms with Crippen LogP contribution in [-0.2, 0) is 11.2 Å². The van der Waals surface area contributed by atoms with E-state index in [-0.39, 0.29) is 17.8 Å². The van der Waals surface area contributed by atoms with Crippen LogP contribution in [0.5, 0.6) is 0 Å². The Morgan fingerprint density at radius 1 is 1.17 bits per heavy atom. The second-order valence-electron chi connectivity index (χ2n) is 5.51. The molecule has 126 valence electrons. The van der Waals surface area contributed by atoms with Gasteiger partial charge >= 0.3 is 6.03 Å². The molecule has 0 unspecified atom stereocenters. The minimum absolute atomic E-state index is 0.0824. The first-order chi connectivity index (χ1) is 11.1. The van der Waals surface area contributed by atoms with Crippen LogP contribution in [0.4, 0.5) is 9.18 Å². The summed E-state index contributed by atoms with van der Waals surface area (Å²) in [5.74, 6) is -0.203. The van der Waals surface area contributed by atoms with Crippen molar-refractivity contribution < 1.29 is 14.0 Å². The number of hydrogen-bond acceptors (Lipinski definition) is 2. The monoisotopic (exact) mass is 385 g/mol. The summed E-state index contributed by atoms with van der Waals surface area (Å²) >= 11 is 3.29. The van der Waals surface area contributed by atoms with Gasteiger partial charge in [0, 0.05) is 37.1 Å². The van der Waals surface area contributed by atoms with E-state index < -0.39 is 0 Å². The molecule has 0 bridgehead atoms. The molecule has 0 radical (unpaired) electrons. The Hall–Kier alpha value is -1.63. The minimum Gasteiger partial charge on any atom is -0.343 e. The first-order valence-electron chi connectivity index (χ1n) is 7.79. The average molecular weight is 386 g/mol. The van der Waals surface area contributed by atoms with Crippen LogP contribution in [-0.4, -0.2) is 43.0 Å². The van der Waals surface area contributed by atoms with E-state index in [4.69, 9.17) is 0 Å². The molecule has 3 amide bonds. The average Bonchev–Trinajstić information content (AvgIpc) is 3.05. The molecule has 5 nitrogen and oxygen atoms in total. The fourth-order valence-electron chi connectivity index (χ4n) is 2.52. The largest absolute Gasteiger partial charge is 0.343 e. The lowest BCUT2D eigenvalue weighted by atomic mass is 10.1. The van der Waals surface area contributed by atoms with Crippen LogP contribution in [0.15, 0.2) is 22.7 Å². The minimum atomic E-state index is -0.338. The van der Waals surface area contributed by atoms with Crippen LogP contribution in [0, 0.1) is 5.82 Å². The van der Waals surface area contributed by atoms with Gasteiger partial charge < -0.3 is 15.5 Å². The maximum Gasteiger partial charge on any atom is 0.314 e. The van der Waals surface area contributed by atoms with Crippen molar-refractivity contribution in [2.45, 2.75) is 25.7 Å². The summed E-state index contributed by atoms with van der Waals surface area (Å²) < 4.78 is 14.3. The molecule has 1 aromatic rings. The summed E-state index contributed by atoms with van der Waals surface area (Å²) in [5, 5.41) is 5.31. The maximum atomic E-state index is 13.5. The van der Waals surface area contributed by atoms with Gasteiger partial charge in [-0.1, -0.05) is 15.9 Å². The fraction of sp³-hybridized carbons (Fsp3) is 0.500. The third-order valence-electron chi connectivity index (χ3n) is 3.77. The smallest absolute Gasteiger partial charge is 0.314 e. The molecular weight excluding hydrogens is 365 g/mol. The SMILES string of the molecule is O=C(NCCC(=O)N1CCCC1)NCCc1cc(Br)ccc1F. The third-order valence-corrected chi connectivity index (χ3v) is 4.26. The Bertz CT molecular complexity index is 562. The second kappa shape index (κ2) is 8.86. The molecule has 1 saturated heterocycles. The molecule has 0 saturated carbocycles. The zero-order valence-electron chi connectivity index (χ0n) is 12.9. The van der Waals surface area contributed by atoms with E-state index in [1.165, 1.54) is 6.07 Å². The molecular formula is C16H21BrFN3O2. The van der Waals surface area contributed by atoms with Crippen molar-refractivity contribution in [1.82, 2.24) is 15.5 Å². The highest BCUT2D eigenvalue weighted by atomic mass is 79.9. The number of rotatable bonds is 6. The van der Waals surface area contributed by atoms with Gasteiger partial charge in [0.25, 0.3) is 0 Å². The van der Waals surface area contributed by atoms with Crippen LogP contribution >= 0.6 is 15.9 Å². The summed E-state index contributed by atoms with van der Waals surface area (Å²) in [5.41, 5.74) is 0.545. The normalized spacial score (nSPS) is 13.9. The maximum absolute atomic E-state index is 13.5. The summed E-state index contributed by atoms with van der Waals surface area (Å²) in [6, 6.07) is 4.39. The first-order valence-corrected chi connectivity index (χ1v) is 8.59. The van der Waals surface area contributed by atoms with Crippen molar-refractivity contribution in [3.05, 3.63) is 34.1 Å². The van der Waals surface area contributed by atoms with Gasteiger partial charge in [0.05, 0.1) is 0 Å². The van der Waals surface area contributed by atoms with Gasteiger partial charge in [0.1, 0.15) is 5.82 Å². The van der Waals surface area contributed by atoms with E-state index in [1.807, 2.05) is 4.90 Å². The number of benzene rings is 1. The number of nitrogens with one attached hydrogen (secondary N) is 2. The lowest BCUT2D eigenvalue weighted by molar-refractivity contribution is -0.129. The number of carbonyl (C=O) groups is 2. The topological polar surface area (TPSA) is 61.4 Å². The van der Waals surface area contributed by atoms with Gasteiger partial charge in [-0.15, -0.1) is 0 Å². The molecule has 0 aromatic heterocycles. The van der Waals surface area contributed by atoms with E-state index >= 15 is 0 Å². The van der Waals surface area contributed by atoms with Gasteiger partial charge in [-0.25, -0.2) is 9.18 Å². The van der Waals surface area contributed by atoms with E-state index in [1.54, 1.807) is 12.1 Å². The van der Waals surface area contributed by atoms with Crippen molar-refractivity contribution in [2.24, 2.45) is 0 Å². The third kappa shape index (κ3) is 5.82. The van der Waals surface area contributed by atoms with Gasteiger partial charge in [0.2, 0.25) is 5.91 Å². The highest BCUT2D eigenvalue weighted by Crippen LogP contribution is 2.15. The van der Waals surface area contributed by atoms with Crippen LogP contribution in [0.25, 0.3) is 0 Å². The number of amides is 3. The molecule has 1 aliphatic rings. The quantitative estimate of drug-likeness (QED) is 0.789. The Morgan fingerprint density at radius 3 is 2.61 bits per heavy atom. The number of nitrogens with zero attached hydrogens (tertiary/aromatic N) is 1.